The van der Waals surface area contributed by atoms with Crippen molar-refractivity contribution in [3.05, 3.63) is 59.8 Å². The number of aliphatic carboxylic acids is 1. The van der Waals surface area contributed by atoms with E-state index in [-0.39, 0.29) is 5.91 Å². The molecule has 0 aliphatic carbocycles. The highest BCUT2D eigenvalue weighted by atomic mass is 127. The molecule has 1 aliphatic heterocycles. The molecule has 2 aromatic carbocycles. The highest BCUT2D eigenvalue weighted by Gasteiger charge is 2.36. The van der Waals surface area contributed by atoms with Crippen LogP contribution in [0.2, 0.25) is 0 Å². The topological polar surface area (TPSA) is 74.6 Å². The van der Waals surface area contributed by atoms with Gasteiger partial charge in [0.2, 0.25) is 0 Å². The van der Waals surface area contributed by atoms with Gasteiger partial charge in [-0.2, -0.15) is 0 Å². The molecule has 0 spiro atoms. The second-order valence-electron chi connectivity index (χ2n) is 6.27. The van der Waals surface area contributed by atoms with Crippen LogP contribution in [0.4, 0.5) is 11.4 Å². The summed E-state index contributed by atoms with van der Waals surface area (Å²) in [6, 6.07) is 13.7. The van der Waals surface area contributed by atoms with Crippen LogP contribution in [0.25, 0.3) is 10.9 Å². The summed E-state index contributed by atoms with van der Waals surface area (Å²) in [6.07, 6.45) is 2.00. The van der Waals surface area contributed by atoms with E-state index >= 15 is 0 Å². The number of alkyl halides is 1. The van der Waals surface area contributed by atoms with Crippen molar-refractivity contribution < 1.29 is 14.7 Å². The summed E-state index contributed by atoms with van der Waals surface area (Å²) in [4.78, 5) is 25.4. The smallest absolute Gasteiger partial charge is 0.336 e. The van der Waals surface area contributed by atoms with Crippen LogP contribution in [0.3, 0.4) is 0 Å². The lowest BCUT2D eigenvalue weighted by molar-refractivity contribution is -0.138. The molecule has 1 atom stereocenters. The first-order valence-electron chi connectivity index (χ1n) is 8.07. The van der Waals surface area contributed by atoms with E-state index in [1.807, 2.05) is 60.3 Å². The van der Waals surface area contributed by atoms with E-state index in [0.29, 0.717) is 17.8 Å². The van der Waals surface area contributed by atoms with Crippen LogP contribution >= 0.6 is 22.6 Å². The molecule has 7 heteroatoms. The van der Waals surface area contributed by atoms with Gasteiger partial charge < -0.3 is 19.9 Å². The number of anilines is 2. The Morgan fingerprint density at radius 1 is 1.27 bits per heavy atom. The maximum absolute atomic E-state index is 12.8. The number of hydrogen-bond acceptors (Lipinski definition) is 3. The van der Waals surface area contributed by atoms with Gasteiger partial charge in [0, 0.05) is 36.4 Å². The zero-order valence-corrected chi connectivity index (χ0v) is 16.1. The molecule has 0 saturated heterocycles. The van der Waals surface area contributed by atoms with Gasteiger partial charge in [-0.15, -0.1) is 0 Å². The van der Waals surface area contributed by atoms with Crippen molar-refractivity contribution in [3.63, 3.8) is 0 Å². The van der Waals surface area contributed by atoms with E-state index in [1.54, 1.807) is 22.6 Å². The largest absolute Gasteiger partial charge is 0.479 e. The summed E-state index contributed by atoms with van der Waals surface area (Å²) >= 11 is 1.78. The van der Waals surface area contributed by atoms with Crippen LogP contribution in [0.15, 0.2) is 48.7 Å². The number of nitrogens with one attached hydrogen (secondary N) is 1. The fraction of sp³-hybridized carbons (Fsp3) is 0.158. The van der Waals surface area contributed by atoms with Crippen molar-refractivity contribution in [1.82, 2.24) is 9.47 Å². The molecule has 2 N–H and O–H groups in total. The summed E-state index contributed by atoms with van der Waals surface area (Å²) in [5.74, 6) is -1.28. The number of carbonyl (C=O) groups excluding carboxylic acids is 1. The first-order valence-corrected chi connectivity index (χ1v) is 9.32. The zero-order chi connectivity index (χ0) is 18.4. The molecule has 0 fully saturated rings. The van der Waals surface area contributed by atoms with Crippen LogP contribution in [0.5, 0.6) is 0 Å². The zero-order valence-electron chi connectivity index (χ0n) is 13.9. The number of nitrogens with zero attached hydrogens (tertiary/aromatic N) is 2. The number of aromatic nitrogens is 1. The number of carboxylic acid groups (broad SMARTS) is 1. The van der Waals surface area contributed by atoms with Gasteiger partial charge in [0.15, 0.2) is 4.05 Å². The Morgan fingerprint density at radius 3 is 2.85 bits per heavy atom. The SMILES string of the molecule is Cn1ccc2cc(Nc3cccc4c3C(=O)N(C(I)C(=O)O)C4)ccc21. The van der Waals surface area contributed by atoms with Crippen LogP contribution in [0.1, 0.15) is 15.9 Å². The Hall–Kier alpha value is -2.55. The number of amides is 1. The Morgan fingerprint density at radius 2 is 2.08 bits per heavy atom. The Labute approximate surface area is 163 Å². The van der Waals surface area contributed by atoms with E-state index in [1.165, 1.54) is 4.90 Å². The maximum atomic E-state index is 12.8. The second-order valence-corrected chi connectivity index (χ2v) is 7.45. The van der Waals surface area contributed by atoms with E-state index in [0.717, 1.165) is 22.2 Å². The third-order valence-electron chi connectivity index (χ3n) is 4.61. The van der Waals surface area contributed by atoms with Crippen molar-refractivity contribution in [1.29, 1.82) is 0 Å². The monoisotopic (exact) mass is 461 g/mol. The summed E-state index contributed by atoms with van der Waals surface area (Å²) in [6.45, 7) is 0.307. The molecule has 1 aromatic heterocycles. The third kappa shape index (κ3) is 2.72. The van der Waals surface area contributed by atoms with Crippen LogP contribution in [0, 0.1) is 0 Å². The van der Waals surface area contributed by atoms with Crippen LogP contribution in [-0.4, -0.2) is 30.5 Å². The molecule has 0 radical (unpaired) electrons. The summed E-state index contributed by atoms with van der Waals surface area (Å²) < 4.78 is 1.16. The summed E-state index contributed by atoms with van der Waals surface area (Å²) in [7, 11) is 2.00. The van der Waals surface area contributed by atoms with Crippen LogP contribution in [-0.2, 0) is 18.4 Å². The van der Waals surface area contributed by atoms with Gasteiger partial charge in [-0.05, 0) is 58.5 Å². The molecule has 132 valence electrons. The number of rotatable bonds is 4. The fourth-order valence-corrected chi connectivity index (χ4v) is 3.77. The Bertz CT molecular complexity index is 1040. The standard InChI is InChI=1S/C19H16IN3O3/c1-22-8-7-11-9-13(5-6-15(11)22)21-14-4-2-3-12-10-23(17(20)19(25)26)18(24)16(12)14/h2-9,17,21H,10H2,1H3,(H,25,26). The fourth-order valence-electron chi connectivity index (χ4n) is 3.32. The number of benzene rings is 2. The molecule has 1 aliphatic rings. The third-order valence-corrected chi connectivity index (χ3v) is 5.81. The van der Waals surface area contributed by atoms with E-state index in [4.69, 9.17) is 0 Å². The first-order chi connectivity index (χ1) is 12.5. The Kier molecular flexibility index (Phi) is 4.10. The van der Waals surface area contributed by atoms with E-state index < -0.39 is 10.0 Å². The molecule has 2 heterocycles. The quantitative estimate of drug-likeness (QED) is 0.353. The molecular weight excluding hydrogens is 445 g/mol. The minimum absolute atomic E-state index is 0.259. The predicted octanol–water partition coefficient (Wildman–Crippen LogP) is 3.72. The number of carboxylic acids is 1. The number of aryl methyl sites for hydroxylation is 1. The molecule has 0 bridgehead atoms. The lowest BCUT2D eigenvalue weighted by Crippen LogP contribution is -2.36. The summed E-state index contributed by atoms with van der Waals surface area (Å²) in [5.41, 5.74) is 4.09. The number of fused-ring (bicyclic) bond motifs is 2. The molecule has 1 unspecified atom stereocenters. The predicted molar refractivity (Wildman–Crippen MR) is 108 cm³/mol. The average molecular weight is 461 g/mol. The number of hydrogen-bond donors (Lipinski definition) is 2. The minimum atomic E-state index is -1.02. The molecule has 26 heavy (non-hydrogen) atoms. The van der Waals surface area contributed by atoms with Gasteiger partial charge in [0.25, 0.3) is 5.91 Å². The van der Waals surface area contributed by atoms with Gasteiger partial charge >= 0.3 is 5.97 Å². The molecular formula is C19H16IN3O3. The highest BCUT2D eigenvalue weighted by molar-refractivity contribution is 14.1. The van der Waals surface area contributed by atoms with Crippen molar-refractivity contribution in [2.45, 2.75) is 10.6 Å². The van der Waals surface area contributed by atoms with E-state index in [9.17, 15) is 14.7 Å². The second kappa shape index (κ2) is 6.31. The van der Waals surface area contributed by atoms with Gasteiger partial charge in [-0.3, -0.25) is 4.79 Å². The first kappa shape index (κ1) is 16.9. The highest BCUT2D eigenvalue weighted by Crippen LogP contribution is 2.34. The lowest BCUT2D eigenvalue weighted by atomic mass is 10.1. The van der Waals surface area contributed by atoms with Crippen molar-refractivity contribution in [3.8, 4) is 0 Å². The van der Waals surface area contributed by atoms with E-state index in [2.05, 4.69) is 5.32 Å². The van der Waals surface area contributed by atoms with Gasteiger partial charge in [0.05, 0.1) is 11.3 Å². The number of halogens is 1. The summed E-state index contributed by atoms with van der Waals surface area (Å²) in [5, 5.41) is 13.7. The number of carbonyl (C=O) groups is 2. The molecule has 4 rings (SSSR count). The van der Waals surface area contributed by atoms with Crippen LogP contribution < -0.4 is 5.32 Å². The molecule has 0 saturated carbocycles. The van der Waals surface area contributed by atoms with Gasteiger partial charge in [-0.1, -0.05) is 12.1 Å². The van der Waals surface area contributed by atoms with Gasteiger partial charge in [0.1, 0.15) is 0 Å². The molecule has 1 amide bonds. The van der Waals surface area contributed by atoms with Crippen molar-refractivity contribution in [2.24, 2.45) is 7.05 Å². The van der Waals surface area contributed by atoms with Crippen molar-refractivity contribution >= 4 is 56.7 Å². The maximum Gasteiger partial charge on any atom is 0.336 e. The normalized spacial score (nSPS) is 14.5. The van der Waals surface area contributed by atoms with Gasteiger partial charge in [-0.25, -0.2) is 4.79 Å². The Balaban J connectivity index is 1.68. The lowest BCUT2D eigenvalue weighted by Gasteiger charge is -2.18. The van der Waals surface area contributed by atoms with Crippen molar-refractivity contribution in [2.75, 3.05) is 5.32 Å². The average Bonchev–Trinajstić information content (AvgIpc) is 3.15. The molecule has 6 nitrogen and oxygen atoms in total. The molecule has 3 aromatic rings. The minimum Gasteiger partial charge on any atom is -0.479 e.